The van der Waals surface area contributed by atoms with Gasteiger partial charge in [0.15, 0.2) is 0 Å². The lowest BCUT2D eigenvalue weighted by atomic mass is 9.81. The summed E-state index contributed by atoms with van der Waals surface area (Å²) in [6.07, 6.45) is 2.65. The van der Waals surface area contributed by atoms with Crippen LogP contribution in [0.15, 0.2) is 24.4 Å². The van der Waals surface area contributed by atoms with Gasteiger partial charge in [-0.3, -0.25) is 9.78 Å². The number of hydrogen-bond acceptors (Lipinski definition) is 4. The minimum atomic E-state index is -0.758. The van der Waals surface area contributed by atoms with Crippen molar-refractivity contribution in [1.82, 2.24) is 4.98 Å². The predicted octanol–water partition coefficient (Wildman–Crippen LogP) is 3.84. The molecule has 24 heavy (non-hydrogen) atoms. The third-order valence-corrected chi connectivity index (χ3v) is 4.95. The fourth-order valence-electron chi connectivity index (χ4n) is 3.55. The zero-order valence-corrected chi connectivity index (χ0v) is 14.3. The van der Waals surface area contributed by atoms with Gasteiger partial charge in [0.25, 0.3) is 0 Å². The molecule has 1 fully saturated rings. The number of benzene rings is 1. The van der Waals surface area contributed by atoms with Crippen molar-refractivity contribution in [1.29, 1.82) is 5.26 Å². The average molecular weight is 344 g/mol. The molecular formula is C18H18ClN3O2. The highest BCUT2D eigenvalue weighted by Crippen LogP contribution is 2.40. The van der Waals surface area contributed by atoms with Crippen LogP contribution in [0, 0.1) is 17.2 Å². The minimum absolute atomic E-state index is 0.363. The van der Waals surface area contributed by atoms with Crippen LogP contribution in [0.1, 0.15) is 32.3 Å². The van der Waals surface area contributed by atoms with Crippen LogP contribution in [-0.4, -0.2) is 28.1 Å². The zero-order chi connectivity index (χ0) is 17.5. The number of hydrogen-bond donors (Lipinski definition) is 1. The molecule has 6 heteroatoms. The Bertz CT molecular complexity index is 857. The van der Waals surface area contributed by atoms with E-state index in [1.165, 1.54) is 0 Å². The van der Waals surface area contributed by atoms with Crippen molar-refractivity contribution in [3.05, 3.63) is 35.0 Å². The molecule has 0 spiro atoms. The monoisotopic (exact) mass is 343 g/mol. The average Bonchev–Trinajstić information content (AvgIpc) is 2.53. The molecule has 2 aromatic rings. The van der Waals surface area contributed by atoms with E-state index in [4.69, 9.17) is 11.6 Å². The number of nitrogens with zero attached hydrogens (tertiary/aromatic N) is 3. The zero-order valence-electron chi connectivity index (χ0n) is 13.6. The molecule has 0 radical (unpaired) electrons. The lowest BCUT2D eigenvalue weighted by Gasteiger charge is -2.46. The normalized spacial score (nSPS) is 19.9. The van der Waals surface area contributed by atoms with Crippen LogP contribution < -0.4 is 4.90 Å². The Morgan fingerprint density at radius 2 is 2.25 bits per heavy atom. The van der Waals surface area contributed by atoms with E-state index < -0.39 is 5.97 Å². The summed E-state index contributed by atoms with van der Waals surface area (Å²) >= 11 is 6.15. The number of halogens is 1. The summed E-state index contributed by atoms with van der Waals surface area (Å²) in [7, 11) is 0. The summed E-state index contributed by atoms with van der Waals surface area (Å²) in [6.45, 7) is 4.60. The van der Waals surface area contributed by atoms with Gasteiger partial charge in [0.05, 0.1) is 22.7 Å². The van der Waals surface area contributed by atoms with Gasteiger partial charge in [0.2, 0.25) is 0 Å². The molecule has 1 aliphatic heterocycles. The van der Waals surface area contributed by atoms with Crippen molar-refractivity contribution in [3.63, 3.8) is 0 Å². The Hall–Kier alpha value is -2.32. The van der Waals surface area contributed by atoms with E-state index in [-0.39, 0.29) is 11.5 Å². The molecule has 1 aliphatic rings. The Balaban J connectivity index is 2.16. The van der Waals surface area contributed by atoms with Gasteiger partial charge in [-0.2, -0.15) is 5.26 Å². The predicted molar refractivity (Wildman–Crippen MR) is 93.3 cm³/mol. The number of fused-ring (bicyclic) bond motifs is 1. The van der Waals surface area contributed by atoms with Crippen molar-refractivity contribution >= 4 is 34.2 Å². The van der Waals surface area contributed by atoms with E-state index in [1.54, 1.807) is 12.3 Å². The van der Waals surface area contributed by atoms with E-state index >= 15 is 0 Å². The highest BCUT2D eigenvalue weighted by atomic mass is 35.5. The quantitative estimate of drug-likeness (QED) is 0.896. The molecule has 0 bridgehead atoms. The number of rotatable bonds is 2. The van der Waals surface area contributed by atoms with Gasteiger partial charge in [-0.15, -0.1) is 0 Å². The number of aromatic nitrogens is 1. The molecule has 1 saturated heterocycles. The Kier molecular flexibility index (Phi) is 4.10. The maximum atomic E-state index is 11.4. The lowest BCUT2D eigenvalue weighted by Crippen LogP contribution is -2.51. The molecule has 1 N–H and O–H groups in total. The molecule has 1 aromatic carbocycles. The Labute approximate surface area is 145 Å². The third-order valence-electron chi connectivity index (χ3n) is 4.72. The number of carbonyl (C=O) groups is 1. The van der Waals surface area contributed by atoms with E-state index in [1.807, 2.05) is 26.0 Å². The minimum Gasteiger partial charge on any atom is -0.481 e. The van der Waals surface area contributed by atoms with E-state index in [0.717, 1.165) is 16.6 Å². The maximum absolute atomic E-state index is 11.4. The summed E-state index contributed by atoms with van der Waals surface area (Å²) in [4.78, 5) is 17.8. The Morgan fingerprint density at radius 3 is 2.88 bits per heavy atom. The van der Waals surface area contributed by atoms with Crippen molar-refractivity contribution in [3.8, 4) is 6.07 Å². The van der Waals surface area contributed by atoms with Crippen LogP contribution >= 0.6 is 11.6 Å². The second kappa shape index (κ2) is 5.95. The summed E-state index contributed by atoms with van der Waals surface area (Å²) < 4.78 is 0. The summed E-state index contributed by atoms with van der Waals surface area (Å²) in [5.41, 5.74) is 1.65. The van der Waals surface area contributed by atoms with Crippen LogP contribution in [0.5, 0.6) is 0 Å². The first kappa shape index (κ1) is 16.5. The number of pyridine rings is 1. The molecule has 1 aromatic heterocycles. The maximum Gasteiger partial charge on any atom is 0.306 e. The summed E-state index contributed by atoms with van der Waals surface area (Å²) in [5, 5.41) is 20.3. The summed E-state index contributed by atoms with van der Waals surface area (Å²) in [5.74, 6) is -1.12. The van der Waals surface area contributed by atoms with Gasteiger partial charge in [-0.25, -0.2) is 0 Å². The van der Waals surface area contributed by atoms with Crippen LogP contribution in [-0.2, 0) is 4.79 Å². The fraction of sp³-hybridized carbons (Fsp3) is 0.389. The van der Waals surface area contributed by atoms with Crippen molar-refractivity contribution in [2.45, 2.75) is 32.2 Å². The number of carboxylic acids is 1. The number of anilines is 1. The molecule has 5 nitrogen and oxygen atoms in total. The van der Waals surface area contributed by atoms with Crippen LogP contribution in [0.25, 0.3) is 10.9 Å². The van der Waals surface area contributed by atoms with Crippen molar-refractivity contribution in [2.24, 2.45) is 5.92 Å². The first-order valence-electron chi connectivity index (χ1n) is 7.82. The van der Waals surface area contributed by atoms with Gasteiger partial charge >= 0.3 is 5.97 Å². The second-order valence-corrected chi connectivity index (χ2v) is 7.22. The molecule has 2 heterocycles. The van der Waals surface area contributed by atoms with Crippen LogP contribution in [0.3, 0.4) is 0 Å². The molecule has 124 valence electrons. The van der Waals surface area contributed by atoms with Gasteiger partial charge < -0.3 is 10.0 Å². The molecule has 3 rings (SSSR count). The van der Waals surface area contributed by atoms with Crippen LogP contribution in [0.2, 0.25) is 5.02 Å². The number of carboxylic acid groups (broad SMARTS) is 1. The number of aliphatic carboxylic acids is 1. The number of piperidine rings is 1. The summed E-state index contributed by atoms with van der Waals surface area (Å²) in [6, 6.07) is 7.64. The van der Waals surface area contributed by atoms with Crippen molar-refractivity contribution < 1.29 is 9.90 Å². The molecular weight excluding hydrogens is 326 g/mol. The third kappa shape index (κ3) is 2.78. The van der Waals surface area contributed by atoms with Gasteiger partial charge in [-0.05, 0) is 44.9 Å². The molecule has 0 amide bonds. The van der Waals surface area contributed by atoms with Gasteiger partial charge in [0, 0.05) is 28.7 Å². The largest absolute Gasteiger partial charge is 0.481 e. The van der Waals surface area contributed by atoms with Gasteiger partial charge in [-0.1, -0.05) is 11.6 Å². The smallest absolute Gasteiger partial charge is 0.306 e. The molecule has 1 atom stereocenters. The lowest BCUT2D eigenvalue weighted by molar-refractivity contribution is -0.143. The van der Waals surface area contributed by atoms with E-state index in [2.05, 4.69) is 16.0 Å². The van der Waals surface area contributed by atoms with E-state index in [0.29, 0.717) is 30.0 Å². The van der Waals surface area contributed by atoms with Crippen LogP contribution in [0.4, 0.5) is 5.69 Å². The highest BCUT2D eigenvalue weighted by Gasteiger charge is 2.39. The highest BCUT2D eigenvalue weighted by molar-refractivity contribution is 6.31. The molecule has 1 unspecified atom stereocenters. The number of nitriles is 1. The van der Waals surface area contributed by atoms with Crippen molar-refractivity contribution in [2.75, 3.05) is 11.4 Å². The SMILES string of the molecule is CC1(C)CC(C(=O)O)CCN1c1c(C#N)cnc2ccc(Cl)cc12. The topological polar surface area (TPSA) is 77.2 Å². The standard InChI is InChI=1S/C18H18ClN3O2/c1-18(2)8-11(17(23)24)5-6-22(18)16-12(9-20)10-21-15-4-3-13(19)7-14(15)16/h3-4,7,10-11H,5-6,8H2,1-2H3,(H,23,24). The Morgan fingerprint density at radius 1 is 1.50 bits per heavy atom. The first-order chi connectivity index (χ1) is 11.3. The molecule has 0 aliphatic carbocycles. The van der Waals surface area contributed by atoms with Gasteiger partial charge in [0.1, 0.15) is 6.07 Å². The molecule has 0 saturated carbocycles. The fourth-order valence-corrected chi connectivity index (χ4v) is 3.72. The second-order valence-electron chi connectivity index (χ2n) is 6.79. The first-order valence-corrected chi connectivity index (χ1v) is 8.20. The van der Waals surface area contributed by atoms with E-state index in [9.17, 15) is 15.2 Å².